The number of ether oxygens (including phenoxy) is 2. The average molecular weight is 279 g/mol. The van der Waals surface area contributed by atoms with Gasteiger partial charge in [-0.2, -0.15) is 0 Å². The van der Waals surface area contributed by atoms with Crippen molar-refractivity contribution in [2.24, 2.45) is 5.84 Å². The predicted octanol–water partition coefficient (Wildman–Crippen LogP) is 1.73. The highest BCUT2D eigenvalue weighted by Crippen LogP contribution is 2.34. The summed E-state index contributed by atoms with van der Waals surface area (Å²) in [7, 11) is 0. The highest BCUT2D eigenvalue weighted by atomic mass is 16.7. The maximum absolute atomic E-state index is 5.78. The summed E-state index contributed by atoms with van der Waals surface area (Å²) in [5.41, 5.74) is 5.34. The summed E-state index contributed by atoms with van der Waals surface area (Å²) in [5.74, 6) is 6.01. The van der Waals surface area contributed by atoms with E-state index in [4.69, 9.17) is 15.3 Å². The Morgan fingerprint density at radius 3 is 2.80 bits per heavy atom. The van der Waals surface area contributed by atoms with Crippen LogP contribution in [-0.4, -0.2) is 30.5 Å². The van der Waals surface area contributed by atoms with Crippen LogP contribution in [0.4, 0.5) is 0 Å². The largest absolute Gasteiger partial charge is 0.351 e. The molecule has 2 atom stereocenters. The normalized spacial score (nSPS) is 19.9. The van der Waals surface area contributed by atoms with Crippen LogP contribution in [0.2, 0.25) is 0 Å². The zero-order valence-electron chi connectivity index (χ0n) is 12.3. The molecular formula is C15H25N3O2. The third-order valence-electron chi connectivity index (χ3n) is 3.82. The number of rotatable bonds is 7. The average Bonchev–Trinajstić information content (AvgIpc) is 2.49. The Kier molecular flexibility index (Phi) is 5.91. The van der Waals surface area contributed by atoms with Crippen LogP contribution in [0.3, 0.4) is 0 Å². The van der Waals surface area contributed by atoms with Gasteiger partial charge in [-0.3, -0.25) is 16.3 Å². The van der Waals surface area contributed by atoms with Crippen molar-refractivity contribution in [1.82, 2.24) is 10.4 Å². The highest BCUT2D eigenvalue weighted by molar-refractivity contribution is 5.27. The fourth-order valence-corrected chi connectivity index (χ4v) is 2.96. The molecule has 0 saturated carbocycles. The molecule has 0 bridgehead atoms. The molecule has 112 valence electrons. The number of pyridine rings is 1. The van der Waals surface area contributed by atoms with E-state index in [1.54, 1.807) is 0 Å². The molecule has 1 aromatic heterocycles. The van der Waals surface area contributed by atoms with Gasteiger partial charge in [0.05, 0.1) is 6.04 Å². The first kappa shape index (κ1) is 15.4. The molecule has 1 heterocycles. The maximum Gasteiger partial charge on any atom is 0.174 e. The molecule has 0 radical (unpaired) electrons. The number of nitrogens with two attached hydrogens (primary N) is 1. The van der Waals surface area contributed by atoms with Crippen LogP contribution in [0, 0.1) is 0 Å². The molecular weight excluding hydrogens is 254 g/mol. The van der Waals surface area contributed by atoms with E-state index in [0.717, 1.165) is 25.0 Å². The quantitative estimate of drug-likeness (QED) is 0.452. The van der Waals surface area contributed by atoms with Crippen molar-refractivity contribution in [3.63, 3.8) is 0 Å². The smallest absolute Gasteiger partial charge is 0.174 e. The SMILES string of the molecule is CCOC(OCC)C(NN)C1CCCc2cccnc21. The van der Waals surface area contributed by atoms with E-state index in [-0.39, 0.29) is 18.2 Å². The van der Waals surface area contributed by atoms with E-state index < -0.39 is 0 Å². The lowest BCUT2D eigenvalue weighted by molar-refractivity contribution is -0.158. The van der Waals surface area contributed by atoms with Crippen LogP contribution in [0.5, 0.6) is 0 Å². The molecule has 0 aliphatic heterocycles. The Balaban J connectivity index is 2.23. The van der Waals surface area contributed by atoms with Gasteiger partial charge in [-0.15, -0.1) is 0 Å². The van der Waals surface area contributed by atoms with Crippen molar-refractivity contribution in [2.45, 2.75) is 51.4 Å². The van der Waals surface area contributed by atoms with Gasteiger partial charge in [-0.1, -0.05) is 6.07 Å². The van der Waals surface area contributed by atoms with Gasteiger partial charge in [0, 0.05) is 31.0 Å². The summed E-state index contributed by atoms with van der Waals surface area (Å²) in [6.07, 6.45) is 4.79. The fourth-order valence-electron chi connectivity index (χ4n) is 2.96. The molecule has 0 saturated heterocycles. The van der Waals surface area contributed by atoms with Gasteiger partial charge in [0.2, 0.25) is 0 Å². The third kappa shape index (κ3) is 3.35. The number of aromatic nitrogens is 1. The third-order valence-corrected chi connectivity index (χ3v) is 3.82. The second kappa shape index (κ2) is 7.69. The number of hydrogen-bond acceptors (Lipinski definition) is 5. The lowest BCUT2D eigenvalue weighted by Crippen LogP contribution is -2.51. The Morgan fingerprint density at radius 2 is 2.15 bits per heavy atom. The second-order valence-corrected chi connectivity index (χ2v) is 5.02. The Morgan fingerprint density at radius 1 is 1.40 bits per heavy atom. The lowest BCUT2D eigenvalue weighted by Gasteiger charge is -2.35. The number of hydrazine groups is 1. The monoisotopic (exact) mass is 279 g/mol. The van der Waals surface area contributed by atoms with Crippen LogP contribution in [0.1, 0.15) is 43.9 Å². The molecule has 20 heavy (non-hydrogen) atoms. The molecule has 5 heteroatoms. The van der Waals surface area contributed by atoms with Gasteiger partial charge in [-0.25, -0.2) is 0 Å². The van der Waals surface area contributed by atoms with Gasteiger partial charge in [-0.05, 0) is 44.7 Å². The summed E-state index contributed by atoms with van der Waals surface area (Å²) in [4.78, 5) is 4.57. The molecule has 5 nitrogen and oxygen atoms in total. The molecule has 2 unspecified atom stereocenters. The minimum absolute atomic E-state index is 0.0798. The number of aryl methyl sites for hydroxylation is 1. The van der Waals surface area contributed by atoms with Crippen LogP contribution in [0.25, 0.3) is 0 Å². The van der Waals surface area contributed by atoms with E-state index in [1.165, 1.54) is 5.56 Å². The van der Waals surface area contributed by atoms with E-state index in [9.17, 15) is 0 Å². The second-order valence-electron chi connectivity index (χ2n) is 5.02. The molecule has 0 spiro atoms. The molecule has 0 fully saturated rings. The molecule has 1 aromatic rings. The molecule has 0 aromatic carbocycles. The summed E-state index contributed by atoms with van der Waals surface area (Å²) in [6.45, 7) is 5.13. The van der Waals surface area contributed by atoms with E-state index >= 15 is 0 Å². The molecule has 3 N–H and O–H groups in total. The van der Waals surface area contributed by atoms with Gasteiger partial charge in [0.15, 0.2) is 6.29 Å². The van der Waals surface area contributed by atoms with Gasteiger partial charge >= 0.3 is 0 Å². The van der Waals surface area contributed by atoms with Gasteiger partial charge in [0.1, 0.15) is 0 Å². The minimum atomic E-state index is -0.340. The van der Waals surface area contributed by atoms with Crippen LogP contribution in [-0.2, 0) is 15.9 Å². The highest BCUT2D eigenvalue weighted by Gasteiger charge is 2.34. The maximum atomic E-state index is 5.78. The Labute approximate surface area is 120 Å². The summed E-state index contributed by atoms with van der Waals surface area (Å²) in [6, 6.07) is 4.07. The van der Waals surface area contributed by atoms with E-state index in [0.29, 0.717) is 13.2 Å². The summed E-state index contributed by atoms with van der Waals surface area (Å²) < 4.78 is 11.4. The topological polar surface area (TPSA) is 69.4 Å². The van der Waals surface area contributed by atoms with E-state index in [1.807, 2.05) is 26.1 Å². The standard InChI is InChI=1S/C15H25N3O2/c1-3-19-15(20-4-2)14(18-16)12-9-5-7-11-8-6-10-17-13(11)12/h6,8,10,12,14-15,18H,3-5,7,9,16H2,1-2H3. The zero-order chi connectivity index (χ0) is 14.4. The molecule has 1 aliphatic carbocycles. The van der Waals surface area contributed by atoms with Crippen molar-refractivity contribution in [3.05, 3.63) is 29.6 Å². The number of fused-ring (bicyclic) bond motifs is 1. The molecule has 2 rings (SSSR count). The van der Waals surface area contributed by atoms with Crippen molar-refractivity contribution in [1.29, 1.82) is 0 Å². The van der Waals surface area contributed by atoms with Crippen LogP contribution >= 0.6 is 0 Å². The van der Waals surface area contributed by atoms with Gasteiger partial charge in [0.25, 0.3) is 0 Å². The van der Waals surface area contributed by atoms with Crippen molar-refractivity contribution < 1.29 is 9.47 Å². The van der Waals surface area contributed by atoms with Gasteiger partial charge < -0.3 is 9.47 Å². The number of hydrogen-bond donors (Lipinski definition) is 2. The summed E-state index contributed by atoms with van der Waals surface area (Å²) in [5, 5.41) is 0. The molecule has 1 aliphatic rings. The van der Waals surface area contributed by atoms with Crippen LogP contribution in [0.15, 0.2) is 18.3 Å². The first-order chi connectivity index (χ1) is 9.81. The number of nitrogens with zero attached hydrogens (tertiary/aromatic N) is 1. The lowest BCUT2D eigenvalue weighted by atomic mass is 9.82. The summed E-state index contributed by atoms with van der Waals surface area (Å²) >= 11 is 0. The first-order valence-corrected chi connectivity index (χ1v) is 7.44. The Hall–Kier alpha value is -1.01. The van der Waals surface area contributed by atoms with Crippen molar-refractivity contribution >= 4 is 0 Å². The van der Waals surface area contributed by atoms with Crippen molar-refractivity contribution in [2.75, 3.05) is 13.2 Å². The minimum Gasteiger partial charge on any atom is -0.351 e. The predicted molar refractivity (Wildman–Crippen MR) is 78.1 cm³/mol. The zero-order valence-corrected chi connectivity index (χ0v) is 12.3. The molecule has 0 amide bonds. The van der Waals surface area contributed by atoms with Crippen molar-refractivity contribution in [3.8, 4) is 0 Å². The fraction of sp³-hybridized carbons (Fsp3) is 0.667. The first-order valence-electron chi connectivity index (χ1n) is 7.44. The van der Waals surface area contributed by atoms with Crippen LogP contribution < -0.4 is 11.3 Å². The number of nitrogens with one attached hydrogen (secondary N) is 1. The Bertz CT molecular complexity index is 408. The van der Waals surface area contributed by atoms with E-state index in [2.05, 4.69) is 16.5 Å².